The molecule has 0 saturated carbocycles. The quantitative estimate of drug-likeness (QED) is 0.520. The molecule has 4 aromatic rings. The van der Waals surface area contributed by atoms with Crippen LogP contribution in [0.4, 0.5) is 5.69 Å². The third-order valence-electron chi connectivity index (χ3n) is 4.55. The van der Waals surface area contributed by atoms with Gasteiger partial charge in [-0.15, -0.1) is 0 Å². The van der Waals surface area contributed by atoms with Gasteiger partial charge in [-0.3, -0.25) is 14.7 Å². The molecule has 2 aromatic carbocycles. The van der Waals surface area contributed by atoms with Crippen LogP contribution in [-0.4, -0.2) is 16.7 Å². The molecule has 0 unspecified atom stereocenters. The van der Waals surface area contributed by atoms with Gasteiger partial charge in [0, 0.05) is 31.0 Å². The van der Waals surface area contributed by atoms with Gasteiger partial charge in [0.2, 0.25) is 0 Å². The molecule has 0 aliphatic heterocycles. The zero-order valence-corrected chi connectivity index (χ0v) is 15.0. The van der Waals surface area contributed by atoms with Gasteiger partial charge in [-0.05, 0) is 48.4 Å². The van der Waals surface area contributed by atoms with Gasteiger partial charge in [0.05, 0.1) is 11.2 Å². The molecule has 2 aromatic heterocycles. The zero-order chi connectivity index (χ0) is 17.9. The number of nitrogens with zero attached hydrogens (tertiary/aromatic N) is 3. The van der Waals surface area contributed by atoms with Crippen LogP contribution in [-0.2, 0) is 6.61 Å². The van der Waals surface area contributed by atoms with Crippen molar-refractivity contribution in [3.8, 4) is 5.75 Å². The lowest BCUT2D eigenvalue weighted by molar-refractivity contribution is 0.306. The smallest absolute Gasteiger partial charge is 0.120 e. The molecule has 0 spiro atoms. The number of pyridine rings is 1. The number of aromatic nitrogens is 2. The topological polar surface area (TPSA) is 30.3 Å². The molecule has 0 saturated heterocycles. The lowest BCUT2D eigenvalue weighted by Crippen LogP contribution is -2.24. The summed E-state index contributed by atoms with van der Waals surface area (Å²) in [6.07, 6.45) is 5.78. The van der Waals surface area contributed by atoms with Crippen LogP contribution in [0.3, 0.4) is 0 Å². The molecule has 4 heteroatoms. The van der Waals surface area contributed by atoms with Crippen LogP contribution >= 0.6 is 0 Å². The van der Waals surface area contributed by atoms with E-state index in [0.717, 1.165) is 33.5 Å². The molecule has 4 rings (SSSR count). The van der Waals surface area contributed by atoms with Crippen molar-refractivity contribution in [2.45, 2.75) is 13.5 Å². The van der Waals surface area contributed by atoms with Crippen molar-refractivity contribution in [3.63, 3.8) is 0 Å². The Labute approximate surface area is 153 Å². The molecule has 0 amide bonds. The Bertz CT molecular complexity index is 1020. The summed E-state index contributed by atoms with van der Waals surface area (Å²) in [6, 6.07) is 20.6. The van der Waals surface area contributed by atoms with Gasteiger partial charge in [-0.1, -0.05) is 30.3 Å². The number of hydrogen-bond acceptors (Lipinski definition) is 3. The summed E-state index contributed by atoms with van der Waals surface area (Å²) in [5.41, 5.74) is 4.57. The van der Waals surface area contributed by atoms with Gasteiger partial charge >= 0.3 is 0 Å². The highest BCUT2D eigenvalue weighted by molar-refractivity contribution is 5.82. The lowest BCUT2D eigenvalue weighted by atomic mass is 10.2. The molecule has 0 aliphatic carbocycles. The summed E-state index contributed by atoms with van der Waals surface area (Å²) in [5, 5.41) is 3.28. The summed E-state index contributed by atoms with van der Waals surface area (Å²) in [4.78, 5) is 4.18. The Morgan fingerprint density at radius 3 is 2.69 bits per heavy atom. The van der Waals surface area contributed by atoms with Gasteiger partial charge in [0.1, 0.15) is 12.4 Å². The van der Waals surface area contributed by atoms with Crippen LogP contribution in [0.5, 0.6) is 5.75 Å². The molecule has 4 nitrogen and oxygen atoms in total. The Morgan fingerprint density at radius 2 is 1.88 bits per heavy atom. The number of anilines is 1. The first-order chi connectivity index (χ1) is 12.7. The minimum atomic E-state index is 0.573. The highest BCUT2D eigenvalue weighted by atomic mass is 16.5. The molecule has 0 bridgehead atoms. The Morgan fingerprint density at radius 1 is 1.04 bits per heavy atom. The van der Waals surface area contributed by atoms with Crippen molar-refractivity contribution in [3.05, 3.63) is 90.4 Å². The van der Waals surface area contributed by atoms with Crippen molar-refractivity contribution in [2.24, 2.45) is 0 Å². The number of aryl methyl sites for hydroxylation is 1. The lowest BCUT2D eigenvalue weighted by Gasteiger charge is -2.23. The maximum Gasteiger partial charge on any atom is 0.120 e. The Balaban J connectivity index is 1.58. The van der Waals surface area contributed by atoms with E-state index in [9.17, 15) is 0 Å². The van der Waals surface area contributed by atoms with Crippen molar-refractivity contribution in [1.82, 2.24) is 9.66 Å². The van der Waals surface area contributed by atoms with Crippen LogP contribution in [0.15, 0.2) is 79.3 Å². The minimum Gasteiger partial charge on any atom is -0.489 e. The predicted octanol–water partition coefficient (Wildman–Crippen LogP) is 4.82. The van der Waals surface area contributed by atoms with Gasteiger partial charge in [0.25, 0.3) is 0 Å². The fourth-order valence-corrected chi connectivity index (χ4v) is 3.14. The standard InChI is InChI=1S/C22H21N3O/c1-17-15-23-12-10-21(17)24(2)25-13-11-19-14-20(8-9-22(19)25)26-16-18-6-4-3-5-7-18/h3-15H,16H2,1-2H3. The second-order valence-electron chi connectivity index (χ2n) is 6.34. The van der Waals surface area contributed by atoms with E-state index in [1.165, 1.54) is 0 Å². The second kappa shape index (κ2) is 6.92. The average Bonchev–Trinajstić information content (AvgIpc) is 3.10. The molecule has 0 radical (unpaired) electrons. The highest BCUT2D eigenvalue weighted by Crippen LogP contribution is 2.26. The third-order valence-corrected chi connectivity index (χ3v) is 4.55. The minimum absolute atomic E-state index is 0.573. The molecule has 26 heavy (non-hydrogen) atoms. The van der Waals surface area contributed by atoms with Gasteiger partial charge in [0.15, 0.2) is 0 Å². The Kier molecular flexibility index (Phi) is 4.32. The fourth-order valence-electron chi connectivity index (χ4n) is 3.14. The van der Waals surface area contributed by atoms with E-state index in [1.807, 2.05) is 42.7 Å². The van der Waals surface area contributed by atoms with Crippen LogP contribution < -0.4 is 9.75 Å². The molecule has 0 aliphatic rings. The molecule has 2 heterocycles. The van der Waals surface area contributed by atoms with Crippen LogP contribution in [0.2, 0.25) is 0 Å². The van der Waals surface area contributed by atoms with Gasteiger partial charge in [-0.2, -0.15) is 0 Å². The summed E-state index contributed by atoms with van der Waals surface area (Å²) in [7, 11) is 2.06. The summed E-state index contributed by atoms with van der Waals surface area (Å²) in [5.74, 6) is 0.877. The first-order valence-corrected chi connectivity index (χ1v) is 8.65. The maximum absolute atomic E-state index is 5.94. The molecular weight excluding hydrogens is 322 g/mol. The second-order valence-corrected chi connectivity index (χ2v) is 6.34. The molecular formula is C22H21N3O. The van der Waals surface area contributed by atoms with Crippen molar-refractivity contribution >= 4 is 16.6 Å². The van der Waals surface area contributed by atoms with E-state index < -0.39 is 0 Å². The van der Waals surface area contributed by atoms with Gasteiger partial charge in [-0.25, -0.2) is 0 Å². The molecule has 0 N–H and O–H groups in total. The van der Waals surface area contributed by atoms with Crippen molar-refractivity contribution in [1.29, 1.82) is 0 Å². The normalized spacial score (nSPS) is 10.8. The zero-order valence-electron chi connectivity index (χ0n) is 15.0. The molecule has 130 valence electrons. The monoisotopic (exact) mass is 343 g/mol. The van der Waals surface area contributed by atoms with Crippen LogP contribution in [0.1, 0.15) is 11.1 Å². The summed E-state index contributed by atoms with van der Waals surface area (Å²) in [6.45, 7) is 2.64. The summed E-state index contributed by atoms with van der Waals surface area (Å²) < 4.78 is 8.08. The summed E-state index contributed by atoms with van der Waals surface area (Å²) >= 11 is 0. The van der Waals surface area contributed by atoms with E-state index in [-0.39, 0.29) is 0 Å². The fraction of sp³-hybridized carbons (Fsp3) is 0.136. The molecule has 0 fully saturated rings. The number of hydrogen-bond donors (Lipinski definition) is 0. The van der Waals surface area contributed by atoms with E-state index in [4.69, 9.17) is 4.74 Å². The van der Waals surface area contributed by atoms with E-state index in [0.29, 0.717) is 6.61 Å². The largest absolute Gasteiger partial charge is 0.489 e. The first kappa shape index (κ1) is 16.2. The first-order valence-electron chi connectivity index (χ1n) is 8.65. The number of ether oxygens (including phenoxy) is 1. The highest BCUT2D eigenvalue weighted by Gasteiger charge is 2.10. The van der Waals surface area contributed by atoms with Crippen LogP contribution in [0.25, 0.3) is 10.9 Å². The SMILES string of the molecule is Cc1cnccc1N(C)n1ccc2cc(OCc3ccccc3)ccc21. The number of rotatable bonds is 5. The number of fused-ring (bicyclic) bond motifs is 1. The average molecular weight is 343 g/mol. The van der Waals surface area contributed by atoms with Gasteiger partial charge < -0.3 is 4.74 Å². The maximum atomic E-state index is 5.94. The number of benzene rings is 2. The van der Waals surface area contributed by atoms with Crippen LogP contribution in [0, 0.1) is 6.92 Å². The van der Waals surface area contributed by atoms with E-state index >= 15 is 0 Å². The van der Waals surface area contributed by atoms with E-state index in [2.05, 4.69) is 65.2 Å². The Hall–Kier alpha value is -3.27. The van der Waals surface area contributed by atoms with Crippen molar-refractivity contribution < 1.29 is 4.74 Å². The third kappa shape index (κ3) is 3.14. The molecule has 0 atom stereocenters. The predicted molar refractivity (Wildman–Crippen MR) is 105 cm³/mol. The van der Waals surface area contributed by atoms with Crippen molar-refractivity contribution in [2.75, 3.05) is 12.1 Å². The van der Waals surface area contributed by atoms with E-state index in [1.54, 1.807) is 0 Å².